The molecular formula is C19H12BrCl2N5Na2O8S2. The van der Waals surface area contributed by atoms with Crippen LogP contribution in [0.4, 0.5) is 17.1 Å². The maximum absolute atomic E-state index is 13.0. The molecule has 0 aromatic heterocycles. The summed E-state index contributed by atoms with van der Waals surface area (Å²) in [5.41, 5.74) is -0.643. The Hall–Kier alpha value is -0.730. The fourth-order valence-corrected chi connectivity index (χ4v) is 4.91. The van der Waals surface area contributed by atoms with E-state index < -0.39 is 58.6 Å². The van der Waals surface area contributed by atoms with Crippen molar-refractivity contribution in [2.75, 3.05) is 5.01 Å². The third-order valence-electron chi connectivity index (χ3n) is 4.56. The second-order valence-corrected chi connectivity index (χ2v) is 11.7. The standard InChI is InChI=1S/C19H14BrCl2N5O8S2.2Na/c1-8(20)18(28)23-10-3-4-15(36(30,31)32)13(5-10)24-25-17-9(2)26-27(19(17)29)14-6-12(22)16(7-11(14)21)37(33,34)35;;/h3-7,17H,1H2,2H3,(H,23,28)(H,30,31,32)(H,33,34,35);;/q;2*+1/p-2. The van der Waals surface area contributed by atoms with Gasteiger partial charge in [0.05, 0.1) is 32.0 Å². The Labute approximate surface area is 285 Å². The summed E-state index contributed by atoms with van der Waals surface area (Å²) < 4.78 is 67.0. The molecule has 0 radical (unpaired) electrons. The Kier molecular flexibility index (Phi) is 13.0. The second kappa shape index (κ2) is 14.0. The fourth-order valence-electron chi connectivity index (χ4n) is 2.90. The van der Waals surface area contributed by atoms with Crippen LogP contribution >= 0.6 is 39.1 Å². The van der Waals surface area contributed by atoms with E-state index in [1.165, 1.54) is 6.92 Å². The van der Waals surface area contributed by atoms with Gasteiger partial charge < -0.3 is 9.66 Å². The van der Waals surface area contributed by atoms with Gasteiger partial charge in [-0.15, -0.1) is 0 Å². The smallest absolute Gasteiger partial charge is 0.858 e. The molecule has 2 aromatic carbocycles. The van der Waals surface area contributed by atoms with Crippen LogP contribution in [0.3, 0.4) is 0 Å². The minimum Gasteiger partial charge on any atom is -0.858 e. The van der Waals surface area contributed by atoms with E-state index in [2.05, 4.69) is 42.8 Å². The van der Waals surface area contributed by atoms with Gasteiger partial charge in [0.2, 0.25) is 0 Å². The zero-order chi connectivity index (χ0) is 27.9. The largest absolute Gasteiger partial charge is 1.00 e. The molecule has 0 saturated heterocycles. The molecule has 0 spiro atoms. The molecule has 20 heteroatoms. The fraction of sp³-hybridized carbons (Fsp3) is 0.105. The molecule has 0 bridgehead atoms. The zero-order valence-electron chi connectivity index (χ0n) is 20.2. The Bertz CT molecular complexity index is 1650. The molecule has 0 saturated carbocycles. The molecule has 3 rings (SSSR count). The van der Waals surface area contributed by atoms with Crippen LogP contribution in [0.1, 0.15) is 6.92 Å². The van der Waals surface area contributed by atoms with Gasteiger partial charge in [-0.2, -0.15) is 28.8 Å². The normalized spacial score (nSPS) is 16.1. The summed E-state index contributed by atoms with van der Waals surface area (Å²) in [5, 5.41) is 23.3. The number of rotatable bonds is 7. The summed E-state index contributed by atoms with van der Waals surface area (Å²) in [6, 6.07) is 3.38. The summed E-state index contributed by atoms with van der Waals surface area (Å²) in [7, 11) is -9.74. The van der Waals surface area contributed by atoms with E-state index in [4.69, 9.17) is 23.2 Å². The second-order valence-electron chi connectivity index (χ2n) is 7.15. The van der Waals surface area contributed by atoms with Crippen molar-refractivity contribution < 1.29 is 95.0 Å². The monoisotopic (exact) mass is 697 g/mol. The summed E-state index contributed by atoms with van der Waals surface area (Å²) in [4.78, 5) is 15.2. The molecule has 1 aliphatic rings. The van der Waals surface area contributed by atoms with Crippen molar-refractivity contribution in [3.8, 4) is 0 Å². The topological polar surface area (TPSA) is 204 Å². The van der Waals surface area contributed by atoms with Crippen molar-refractivity contribution in [1.82, 2.24) is 0 Å². The molecule has 39 heavy (non-hydrogen) atoms. The van der Waals surface area contributed by atoms with Crippen LogP contribution in [0.5, 0.6) is 0 Å². The van der Waals surface area contributed by atoms with Crippen LogP contribution in [0.2, 0.25) is 10.0 Å². The number of benzene rings is 2. The van der Waals surface area contributed by atoms with Gasteiger partial charge in [0.1, 0.15) is 20.7 Å². The Morgan fingerprint density at radius 2 is 1.74 bits per heavy atom. The maximum atomic E-state index is 13.0. The number of azo groups is 1. The molecule has 13 nitrogen and oxygen atoms in total. The first-order valence-electron chi connectivity index (χ1n) is 9.47. The van der Waals surface area contributed by atoms with E-state index >= 15 is 0 Å². The van der Waals surface area contributed by atoms with Crippen molar-refractivity contribution in [3.05, 3.63) is 51.4 Å². The van der Waals surface area contributed by atoms with Crippen LogP contribution in [0.25, 0.3) is 0 Å². The molecule has 1 heterocycles. The van der Waals surface area contributed by atoms with E-state index in [0.717, 1.165) is 35.3 Å². The van der Waals surface area contributed by atoms with Crippen molar-refractivity contribution in [3.63, 3.8) is 0 Å². The summed E-state index contributed by atoms with van der Waals surface area (Å²) in [6.45, 7) is 4.76. The number of aliphatic imine (C=N–C) groups is 1. The number of carbonyl (C=O) groups excluding carboxylic acids is 1. The van der Waals surface area contributed by atoms with Gasteiger partial charge in [0.25, 0.3) is 16.0 Å². The molecule has 0 aliphatic carbocycles. The minimum absolute atomic E-state index is 0. The predicted molar refractivity (Wildman–Crippen MR) is 135 cm³/mol. The third kappa shape index (κ3) is 8.64. The number of nitrogens with zero attached hydrogens (tertiary/aromatic N) is 5. The Morgan fingerprint density at radius 3 is 2.28 bits per heavy atom. The zero-order valence-corrected chi connectivity index (χ0v) is 28.9. The number of hydrogen-bond acceptors (Lipinski definition) is 11. The summed E-state index contributed by atoms with van der Waals surface area (Å²) in [5.74, 6) is -1.61. The molecule has 2 aromatic rings. The minimum atomic E-state index is -5.03. The number of halogens is 3. The summed E-state index contributed by atoms with van der Waals surface area (Å²) in [6.07, 6.45) is 0. The molecular weight excluding hydrogens is 687 g/mol. The van der Waals surface area contributed by atoms with Gasteiger partial charge in [-0.1, -0.05) is 45.7 Å². The van der Waals surface area contributed by atoms with Crippen LogP contribution < -0.4 is 69.2 Å². The van der Waals surface area contributed by atoms with Crippen LogP contribution in [-0.4, -0.2) is 49.5 Å². The average Bonchev–Trinajstić information content (AvgIpc) is 3.05. The van der Waals surface area contributed by atoms with Crippen LogP contribution in [0.15, 0.2) is 71.5 Å². The van der Waals surface area contributed by atoms with E-state index in [1.807, 2.05) is 0 Å². The van der Waals surface area contributed by atoms with Gasteiger partial charge in [0.15, 0.2) is 6.04 Å². The predicted octanol–water partition coefficient (Wildman–Crippen LogP) is -2.67. The number of hydrogen-bond donors (Lipinski definition) is 1. The number of amides is 1. The van der Waals surface area contributed by atoms with E-state index in [-0.39, 0.29) is 85.7 Å². The first-order valence-corrected chi connectivity index (χ1v) is 13.9. The Morgan fingerprint density at radius 1 is 1.13 bits per heavy atom. The van der Waals surface area contributed by atoms with E-state index in [0.29, 0.717) is 0 Å². The van der Waals surface area contributed by atoms with Gasteiger partial charge >= 0.3 is 59.1 Å². The molecule has 1 atom stereocenters. The molecule has 1 unspecified atom stereocenters. The van der Waals surface area contributed by atoms with Gasteiger partial charge in [-0.05, 0) is 37.3 Å². The van der Waals surface area contributed by atoms with Gasteiger partial charge in [0, 0.05) is 10.4 Å². The van der Waals surface area contributed by atoms with E-state index in [9.17, 15) is 35.8 Å². The van der Waals surface area contributed by atoms with Crippen molar-refractivity contribution in [2.45, 2.75) is 22.8 Å². The third-order valence-corrected chi connectivity index (χ3v) is 7.40. The summed E-state index contributed by atoms with van der Waals surface area (Å²) >= 11 is 14.8. The quantitative estimate of drug-likeness (QED) is 0.106. The van der Waals surface area contributed by atoms with Crippen molar-refractivity contribution in [2.24, 2.45) is 20.3 Å². The molecule has 1 aliphatic heterocycles. The number of carbonyl (C=O) groups is 1. The molecule has 1 amide bonds. The first-order chi connectivity index (χ1) is 17.0. The molecule has 1 N–H and O–H groups in total. The van der Waals surface area contributed by atoms with Crippen molar-refractivity contribution in [1.29, 1.82) is 0 Å². The van der Waals surface area contributed by atoms with Crippen LogP contribution in [0, 0.1) is 0 Å². The van der Waals surface area contributed by atoms with Crippen molar-refractivity contribution >= 4 is 93.9 Å². The number of hydrazone groups is 1. The van der Waals surface area contributed by atoms with Crippen LogP contribution in [-0.2, 0) is 25.0 Å². The molecule has 196 valence electrons. The molecule has 0 fully saturated rings. The first kappa shape index (κ1) is 36.3. The van der Waals surface area contributed by atoms with Gasteiger partial charge in [-0.25, -0.2) is 8.42 Å². The average molecular weight is 699 g/mol. The van der Waals surface area contributed by atoms with Gasteiger partial charge in [-0.3, -0.25) is 14.3 Å². The van der Waals surface area contributed by atoms with E-state index in [1.54, 1.807) is 0 Å². The number of anilines is 1. The Balaban J connectivity index is 0.00000380. The SMILES string of the molecule is C=C(Br)C([O-])=Nc1ccc(S(=O)(=O)[O-])c(N=NC2C(=O)N(c3cc(Cl)c(S(=O)(=O)O)cc3Cl)N=C2C)c1.[Na+].[Na+]. The maximum Gasteiger partial charge on any atom is 1.00 e.